The van der Waals surface area contributed by atoms with Crippen molar-refractivity contribution in [1.29, 1.82) is 0 Å². The Kier molecular flexibility index (Phi) is 1.29. The van der Waals surface area contributed by atoms with E-state index in [9.17, 15) is 0 Å². The average Bonchev–Trinajstić information content (AvgIpc) is 2.31. The molecule has 0 bridgehead atoms. The second-order valence-electron chi connectivity index (χ2n) is 2.39. The zero-order chi connectivity index (χ0) is 7.84. The third kappa shape index (κ3) is 0.952. The predicted octanol–water partition coefficient (Wildman–Crippen LogP) is 1.70. The molecular formula is C7H7N3S. The standard InChI is InChI=1S/C7H7N3S/c1-5-3-2-4-6-8-7(11)9-10(5)6/h2-4H,1H3,(H,9,11). The first kappa shape index (κ1) is 6.54. The minimum absolute atomic E-state index is 0.527. The molecule has 0 atom stereocenters. The van der Waals surface area contributed by atoms with Crippen molar-refractivity contribution in [2.45, 2.75) is 6.92 Å². The number of H-pyrrole nitrogens is 1. The van der Waals surface area contributed by atoms with E-state index in [0.717, 1.165) is 11.3 Å². The maximum Gasteiger partial charge on any atom is 0.214 e. The van der Waals surface area contributed by atoms with Gasteiger partial charge in [0.25, 0.3) is 0 Å². The molecule has 0 saturated heterocycles. The second kappa shape index (κ2) is 2.17. The van der Waals surface area contributed by atoms with Crippen molar-refractivity contribution in [2.75, 3.05) is 0 Å². The number of nitrogens with one attached hydrogen (secondary N) is 1. The molecule has 1 N–H and O–H groups in total. The molecule has 0 amide bonds. The maximum absolute atomic E-state index is 4.89. The number of pyridine rings is 1. The smallest absolute Gasteiger partial charge is 0.214 e. The van der Waals surface area contributed by atoms with Crippen LogP contribution in [0.1, 0.15) is 5.69 Å². The highest BCUT2D eigenvalue weighted by atomic mass is 32.1. The van der Waals surface area contributed by atoms with Crippen molar-refractivity contribution < 1.29 is 0 Å². The van der Waals surface area contributed by atoms with Crippen molar-refractivity contribution in [2.24, 2.45) is 0 Å². The molecule has 0 aliphatic rings. The minimum Gasteiger partial charge on any atom is -0.266 e. The molecule has 2 rings (SSSR count). The van der Waals surface area contributed by atoms with Gasteiger partial charge in [-0.05, 0) is 31.3 Å². The topological polar surface area (TPSA) is 33.1 Å². The highest BCUT2D eigenvalue weighted by molar-refractivity contribution is 7.71. The van der Waals surface area contributed by atoms with Crippen LogP contribution in [0.5, 0.6) is 0 Å². The van der Waals surface area contributed by atoms with Crippen molar-refractivity contribution >= 4 is 17.9 Å². The van der Waals surface area contributed by atoms with Gasteiger partial charge in [0.15, 0.2) is 5.65 Å². The lowest BCUT2D eigenvalue weighted by Crippen LogP contribution is -1.90. The number of nitrogens with zero attached hydrogens (tertiary/aromatic N) is 2. The van der Waals surface area contributed by atoms with Gasteiger partial charge in [0.2, 0.25) is 4.77 Å². The molecule has 0 aliphatic heterocycles. The molecule has 2 aromatic rings. The van der Waals surface area contributed by atoms with E-state index in [1.807, 2.05) is 29.6 Å². The number of aromatic amines is 1. The van der Waals surface area contributed by atoms with Gasteiger partial charge in [-0.2, -0.15) is 4.98 Å². The van der Waals surface area contributed by atoms with E-state index in [1.165, 1.54) is 0 Å². The first-order valence-electron chi connectivity index (χ1n) is 3.32. The van der Waals surface area contributed by atoms with Gasteiger partial charge in [0, 0.05) is 5.69 Å². The molecular weight excluding hydrogens is 158 g/mol. The summed E-state index contributed by atoms with van der Waals surface area (Å²) in [5.74, 6) is 0. The number of aromatic nitrogens is 3. The molecule has 3 nitrogen and oxygen atoms in total. The van der Waals surface area contributed by atoms with Gasteiger partial charge >= 0.3 is 0 Å². The van der Waals surface area contributed by atoms with E-state index >= 15 is 0 Å². The van der Waals surface area contributed by atoms with Gasteiger partial charge in [-0.25, -0.2) is 4.52 Å². The largest absolute Gasteiger partial charge is 0.266 e. The van der Waals surface area contributed by atoms with E-state index in [0.29, 0.717) is 4.77 Å². The zero-order valence-electron chi connectivity index (χ0n) is 6.03. The summed E-state index contributed by atoms with van der Waals surface area (Å²) in [6, 6.07) is 5.87. The molecule has 0 fully saturated rings. The van der Waals surface area contributed by atoms with Crippen LogP contribution >= 0.6 is 12.2 Å². The molecule has 0 saturated carbocycles. The molecule has 4 heteroatoms. The second-order valence-corrected chi connectivity index (χ2v) is 2.78. The van der Waals surface area contributed by atoms with E-state index in [-0.39, 0.29) is 0 Å². The fraction of sp³-hybridized carbons (Fsp3) is 0.143. The van der Waals surface area contributed by atoms with Crippen molar-refractivity contribution in [3.05, 3.63) is 28.7 Å². The van der Waals surface area contributed by atoms with E-state index < -0.39 is 0 Å². The summed E-state index contributed by atoms with van der Waals surface area (Å²) >= 11 is 4.89. The number of rotatable bonds is 0. The van der Waals surface area contributed by atoms with E-state index in [4.69, 9.17) is 12.2 Å². The number of aryl methyl sites for hydroxylation is 1. The Morgan fingerprint density at radius 1 is 1.55 bits per heavy atom. The third-order valence-electron chi connectivity index (χ3n) is 1.59. The summed E-state index contributed by atoms with van der Waals surface area (Å²) in [4.78, 5) is 4.10. The Balaban J connectivity index is 3.01. The molecule has 0 aliphatic carbocycles. The Morgan fingerprint density at radius 2 is 2.36 bits per heavy atom. The Morgan fingerprint density at radius 3 is 3.09 bits per heavy atom. The first-order valence-corrected chi connectivity index (χ1v) is 3.72. The normalized spacial score (nSPS) is 10.6. The Labute approximate surface area is 68.7 Å². The average molecular weight is 165 g/mol. The molecule has 2 heterocycles. The fourth-order valence-corrected chi connectivity index (χ4v) is 1.25. The number of fused-ring (bicyclic) bond motifs is 1. The quantitative estimate of drug-likeness (QED) is 0.603. The fourth-order valence-electron chi connectivity index (χ4n) is 1.06. The van der Waals surface area contributed by atoms with Crippen LogP contribution in [0.25, 0.3) is 5.65 Å². The first-order chi connectivity index (χ1) is 5.27. The predicted molar refractivity (Wildman–Crippen MR) is 45.1 cm³/mol. The molecule has 0 unspecified atom stereocenters. The lowest BCUT2D eigenvalue weighted by atomic mass is 10.4. The molecule has 2 aromatic heterocycles. The van der Waals surface area contributed by atoms with Crippen molar-refractivity contribution in [3.8, 4) is 0 Å². The van der Waals surface area contributed by atoms with Crippen LogP contribution in [-0.4, -0.2) is 14.6 Å². The van der Waals surface area contributed by atoms with Gasteiger partial charge in [-0.15, -0.1) is 0 Å². The van der Waals surface area contributed by atoms with Crippen LogP contribution in [0.4, 0.5) is 0 Å². The minimum atomic E-state index is 0.527. The van der Waals surface area contributed by atoms with Crippen LogP contribution in [-0.2, 0) is 0 Å². The summed E-state index contributed by atoms with van der Waals surface area (Å²) in [6.45, 7) is 2.00. The van der Waals surface area contributed by atoms with Gasteiger partial charge < -0.3 is 0 Å². The van der Waals surface area contributed by atoms with Gasteiger partial charge in [-0.1, -0.05) is 6.07 Å². The SMILES string of the molecule is Cc1cccc2nc(=S)[nH]n12. The van der Waals surface area contributed by atoms with Crippen LogP contribution in [0.2, 0.25) is 0 Å². The van der Waals surface area contributed by atoms with Crippen LogP contribution in [0.3, 0.4) is 0 Å². The lowest BCUT2D eigenvalue weighted by Gasteiger charge is -1.95. The highest BCUT2D eigenvalue weighted by Gasteiger charge is 1.95. The number of hydrogen-bond donors (Lipinski definition) is 1. The third-order valence-corrected chi connectivity index (χ3v) is 1.77. The molecule has 0 aromatic carbocycles. The van der Waals surface area contributed by atoms with E-state index in [2.05, 4.69) is 10.1 Å². The van der Waals surface area contributed by atoms with Gasteiger partial charge in [0.1, 0.15) is 0 Å². The van der Waals surface area contributed by atoms with Crippen LogP contribution < -0.4 is 0 Å². The summed E-state index contributed by atoms with van der Waals surface area (Å²) in [5, 5.41) is 2.95. The summed E-state index contributed by atoms with van der Waals surface area (Å²) in [5.41, 5.74) is 1.97. The van der Waals surface area contributed by atoms with Gasteiger partial charge in [0.05, 0.1) is 0 Å². The zero-order valence-corrected chi connectivity index (χ0v) is 6.85. The van der Waals surface area contributed by atoms with Gasteiger partial charge in [-0.3, -0.25) is 5.10 Å². The Bertz CT molecular complexity index is 440. The van der Waals surface area contributed by atoms with Crippen molar-refractivity contribution in [1.82, 2.24) is 14.6 Å². The summed E-state index contributed by atoms with van der Waals surface area (Å²) in [7, 11) is 0. The summed E-state index contributed by atoms with van der Waals surface area (Å²) in [6.07, 6.45) is 0. The lowest BCUT2D eigenvalue weighted by molar-refractivity contribution is 0.908. The molecule has 0 spiro atoms. The van der Waals surface area contributed by atoms with E-state index in [1.54, 1.807) is 0 Å². The maximum atomic E-state index is 4.89. The van der Waals surface area contributed by atoms with Crippen LogP contribution in [0, 0.1) is 11.7 Å². The molecule has 56 valence electrons. The van der Waals surface area contributed by atoms with Crippen LogP contribution in [0.15, 0.2) is 18.2 Å². The highest BCUT2D eigenvalue weighted by Crippen LogP contribution is 2.01. The Hall–Kier alpha value is -1.16. The molecule has 11 heavy (non-hydrogen) atoms. The summed E-state index contributed by atoms with van der Waals surface area (Å²) < 4.78 is 2.39. The molecule has 0 radical (unpaired) electrons. The van der Waals surface area contributed by atoms with Crippen molar-refractivity contribution in [3.63, 3.8) is 0 Å². The number of hydrogen-bond acceptors (Lipinski definition) is 2. The monoisotopic (exact) mass is 165 g/mol.